The summed E-state index contributed by atoms with van der Waals surface area (Å²) < 4.78 is 66.5. The van der Waals surface area contributed by atoms with Gasteiger partial charge in [-0.05, 0) is 60.3 Å². The SMILES string of the molecule is CCCCOC(=O)N[C@H](C)c1cccc(C(F)(F)F)c1OCC1(CC(=O)Nc2cc(F)c(Br)cc2C(N)=O)CC1. The molecule has 0 unspecified atom stereocenters. The molecule has 0 aromatic heterocycles. The molecule has 0 heterocycles. The summed E-state index contributed by atoms with van der Waals surface area (Å²) in [6.07, 6.45) is -3.20. The standard InChI is InChI=1S/C27H30BrF4N3O5/c1-3-4-10-39-25(38)34-15(2)16-6-5-7-18(27(30,31)32)23(16)40-14-26(8-9-26)13-22(36)35-21-12-20(29)19(28)11-17(21)24(33)37/h5-7,11-12,15H,3-4,8-10,13-14H2,1-2H3,(H2,33,37)(H,34,38)(H,35,36)/t15-/m1/s1. The molecule has 3 amide bonds. The van der Waals surface area contributed by atoms with Gasteiger partial charge in [-0.3, -0.25) is 9.59 Å². The van der Waals surface area contributed by atoms with Crippen molar-refractivity contribution in [1.82, 2.24) is 5.32 Å². The van der Waals surface area contributed by atoms with E-state index in [2.05, 4.69) is 26.6 Å². The van der Waals surface area contributed by atoms with Gasteiger partial charge in [0, 0.05) is 17.4 Å². The summed E-state index contributed by atoms with van der Waals surface area (Å²) in [6.45, 7) is 3.40. The summed E-state index contributed by atoms with van der Waals surface area (Å²) in [4.78, 5) is 36.6. The fourth-order valence-corrected chi connectivity index (χ4v) is 4.39. The number of rotatable bonds is 12. The van der Waals surface area contributed by atoms with Crippen LogP contribution in [0.2, 0.25) is 0 Å². The zero-order chi connectivity index (χ0) is 29.7. The van der Waals surface area contributed by atoms with Crippen LogP contribution < -0.4 is 21.1 Å². The smallest absolute Gasteiger partial charge is 0.419 e. The molecule has 4 N–H and O–H groups in total. The number of hydrogen-bond donors (Lipinski definition) is 3. The summed E-state index contributed by atoms with van der Waals surface area (Å²) in [5, 5.41) is 4.99. The van der Waals surface area contributed by atoms with Gasteiger partial charge in [0.25, 0.3) is 5.91 Å². The number of nitrogens with two attached hydrogens (primary N) is 1. The first-order valence-electron chi connectivity index (χ1n) is 12.6. The van der Waals surface area contributed by atoms with Crippen molar-refractivity contribution in [3.8, 4) is 5.75 Å². The van der Waals surface area contributed by atoms with E-state index in [0.717, 1.165) is 24.6 Å². The van der Waals surface area contributed by atoms with Crippen molar-refractivity contribution < 1.29 is 41.4 Å². The van der Waals surface area contributed by atoms with E-state index in [1.807, 2.05) is 6.92 Å². The van der Waals surface area contributed by atoms with Gasteiger partial charge in [-0.1, -0.05) is 25.5 Å². The highest BCUT2D eigenvalue weighted by molar-refractivity contribution is 9.10. The quantitative estimate of drug-likeness (QED) is 0.183. The molecule has 0 spiro atoms. The van der Waals surface area contributed by atoms with Gasteiger partial charge < -0.3 is 25.8 Å². The number of amides is 3. The zero-order valence-electron chi connectivity index (χ0n) is 21.9. The monoisotopic (exact) mass is 631 g/mol. The first-order valence-corrected chi connectivity index (χ1v) is 13.4. The zero-order valence-corrected chi connectivity index (χ0v) is 23.5. The Morgan fingerprint density at radius 3 is 2.50 bits per heavy atom. The molecular formula is C27H30BrF4N3O5. The molecule has 0 bridgehead atoms. The minimum atomic E-state index is -4.74. The van der Waals surface area contributed by atoms with Crippen LogP contribution in [0.5, 0.6) is 5.75 Å². The van der Waals surface area contributed by atoms with Gasteiger partial charge >= 0.3 is 12.3 Å². The van der Waals surface area contributed by atoms with Crippen LogP contribution in [0.25, 0.3) is 0 Å². The summed E-state index contributed by atoms with van der Waals surface area (Å²) in [7, 11) is 0. The molecule has 2 aromatic carbocycles. The van der Waals surface area contributed by atoms with E-state index in [9.17, 15) is 31.9 Å². The van der Waals surface area contributed by atoms with Gasteiger partial charge in [0.05, 0.1) is 40.5 Å². The topological polar surface area (TPSA) is 120 Å². The van der Waals surface area contributed by atoms with E-state index in [0.29, 0.717) is 19.3 Å². The molecule has 1 fully saturated rings. The highest BCUT2D eigenvalue weighted by atomic mass is 79.9. The minimum absolute atomic E-state index is 0.0107. The molecule has 3 rings (SSSR count). The molecule has 1 saturated carbocycles. The number of alkyl carbamates (subject to hydrolysis) is 1. The van der Waals surface area contributed by atoms with Crippen LogP contribution in [-0.2, 0) is 15.7 Å². The highest BCUT2D eigenvalue weighted by Crippen LogP contribution is 2.50. The third-order valence-corrected chi connectivity index (χ3v) is 7.11. The predicted octanol–water partition coefficient (Wildman–Crippen LogP) is 6.48. The predicted molar refractivity (Wildman–Crippen MR) is 142 cm³/mol. The average Bonchev–Trinajstić information content (AvgIpc) is 3.63. The van der Waals surface area contributed by atoms with Crippen molar-refractivity contribution in [3.05, 3.63) is 57.3 Å². The van der Waals surface area contributed by atoms with E-state index in [-0.39, 0.29) is 40.9 Å². The maximum absolute atomic E-state index is 14.0. The molecular weight excluding hydrogens is 602 g/mol. The third kappa shape index (κ3) is 8.09. The van der Waals surface area contributed by atoms with Crippen LogP contribution in [0.1, 0.15) is 73.5 Å². The first-order chi connectivity index (χ1) is 18.8. The lowest BCUT2D eigenvalue weighted by atomic mass is 10.0. The number of unbranched alkanes of at least 4 members (excludes halogenated alkanes) is 1. The second-order valence-corrected chi connectivity index (χ2v) is 10.6. The van der Waals surface area contributed by atoms with Crippen molar-refractivity contribution in [2.45, 2.75) is 58.2 Å². The largest absolute Gasteiger partial charge is 0.492 e. The number of alkyl halides is 3. The van der Waals surface area contributed by atoms with Gasteiger partial charge in [0.2, 0.25) is 5.91 Å². The summed E-state index contributed by atoms with van der Waals surface area (Å²) in [6, 6.07) is 4.75. The number of ether oxygens (including phenoxy) is 2. The van der Waals surface area contributed by atoms with Crippen molar-refractivity contribution in [2.24, 2.45) is 11.1 Å². The Hall–Kier alpha value is -3.35. The Morgan fingerprint density at radius 1 is 1.20 bits per heavy atom. The second-order valence-electron chi connectivity index (χ2n) is 9.77. The number of benzene rings is 2. The van der Waals surface area contributed by atoms with Crippen LogP contribution in [0.15, 0.2) is 34.8 Å². The molecule has 40 heavy (non-hydrogen) atoms. The first kappa shape index (κ1) is 31.2. The van der Waals surface area contributed by atoms with E-state index in [1.54, 1.807) is 0 Å². The van der Waals surface area contributed by atoms with Crippen LogP contribution >= 0.6 is 15.9 Å². The van der Waals surface area contributed by atoms with Crippen molar-refractivity contribution in [3.63, 3.8) is 0 Å². The third-order valence-electron chi connectivity index (χ3n) is 6.50. The highest BCUT2D eigenvalue weighted by Gasteiger charge is 2.46. The number of hydrogen-bond acceptors (Lipinski definition) is 5. The fourth-order valence-electron chi connectivity index (χ4n) is 4.05. The molecule has 0 radical (unpaired) electrons. The molecule has 218 valence electrons. The van der Waals surface area contributed by atoms with Crippen LogP contribution in [0, 0.1) is 11.2 Å². The van der Waals surface area contributed by atoms with Crippen LogP contribution in [0.3, 0.4) is 0 Å². The fraction of sp³-hybridized carbons (Fsp3) is 0.444. The Kier molecular flexibility index (Phi) is 10.0. The Balaban J connectivity index is 1.75. The number of primary amides is 1. The Labute approximate surface area is 237 Å². The number of carbonyl (C=O) groups excluding carboxylic acids is 3. The number of nitrogens with one attached hydrogen (secondary N) is 2. The second kappa shape index (κ2) is 12.9. The molecule has 1 atom stereocenters. The lowest BCUT2D eigenvalue weighted by Crippen LogP contribution is -2.29. The van der Waals surface area contributed by atoms with E-state index in [1.165, 1.54) is 19.1 Å². The summed E-state index contributed by atoms with van der Waals surface area (Å²) >= 11 is 2.96. The average molecular weight is 632 g/mol. The Morgan fingerprint density at radius 2 is 1.90 bits per heavy atom. The van der Waals surface area contributed by atoms with Crippen LogP contribution in [0.4, 0.5) is 28.0 Å². The summed E-state index contributed by atoms with van der Waals surface area (Å²) in [5.41, 5.74) is 3.41. The van der Waals surface area contributed by atoms with Gasteiger partial charge in [-0.25, -0.2) is 9.18 Å². The number of carbonyl (C=O) groups is 3. The molecule has 2 aromatic rings. The molecule has 8 nitrogen and oxygen atoms in total. The molecule has 1 aliphatic rings. The molecule has 0 aliphatic heterocycles. The molecule has 0 saturated heterocycles. The van der Waals surface area contributed by atoms with Crippen LogP contribution in [-0.4, -0.2) is 31.1 Å². The van der Waals surface area contributed by atoms with Crippen molar-refractivity contribution >= 4 is 39.5 Å². The number of para-hydroxylation sites is 1. The summed E-state index contributed by atoms with van der Waals surface area (Å²) in [5.74, 6) is -2.64. The lowest BCUT2D eigenvalue weighted by Gasteiger charge is -2.24. The van der Waals surface area contributed by atoms with E-state index in [4.69, 9.17) is 15.2 Å². The maximum atomic E-state index is 14.0. The van der Waals surface area contributed by atoms with E-state index < -0.39 is 52.7 Å². The maximum Gasteiger partial charge on any atom is 0.419 e. The number of halogens is 5. The van der Waals surface area contributed by atoms with Crippen molar-refractivity contribution in [1.29, 1.82) is 0 Å². The van der Waals surface area contributed by atoms with Gasteiger partial charge in [-0.15, -0.1) is 0 Å². The lowest BCUT2D eigenvalue weighted by molar-refractivity contribution is -0.139. The van der Waals surface area contributed by atoms with Gasteiger partial charge in [-0.2, -0.15) is 13.2 Å². The molecule has 13 heteroatoms. The van der Waals surface area contributed by atoms with Gasteiger partial charge in [0.1, 0.15) is 11.6 Å². The van der Waals surface area contributed by atoms with Gasteiger partial charge in [0.15, 0.2) is 0 Å². The van der Waals surface area contributed by atoms with Crippen molar-refractivity contribution in [2.75, 3.05) is 18.5 Å². The Bertz CT molecular complexity index is 1270. The van der Waals surface area contributed by atoms with E-state index >= 15 is 0 Å². The normalized spacial score (nSPS) is 14.7. The number of anilines is 1. The minimum Gasteiger partial charge on any atom is -0.492 e. The molecule has 1 aliphatic carbocycles.